The number of hydrogen-bond donors (Lipinski definition) is 1. The van der Waals surface area contributed by atoms with Crippen LogP contribution in [0.1, 0.15) is 40.5 Å². The third-order valence-corrected chi connectivity index (χ3v) is 4.73. The zero-order valence-corrected chi connectivity index (χ0v) is 15.2. The normalized spacial score (nSPS) is 27.6. The zero-order valence-electron chi connectivity index (χ0n) is 15.2. The molecule has 2 heterocycles. The highest BCUT2D eigenvalue weighted by atomic mass is 16.3. The molecule has 1 aliphatic carbocycles. The Labute approximate surface area is 132 Å². The Morgan fingerprint density at radius 1 is 0.810 bits per heavy atom. The molecular weight excluding hydrogens is 262 g/mol. The lowest BCUT2D eigenvalue weighted by molar-refractivity contribution is -0.193. The van der Waals surface area contributed by atoms with Crippen LogP contribution in [-0.4, -0.2) is 85.3 Å². The van der Waals surface area contributed by atoms with E-state index in [1.54, 1.807) is 0 Å². The second-order valence-electron chi connectivity index (χ2n) is 6.83. The smallest absolute Gasteiger partial charge is 0.0786 e. The van der Waals surface area contributed by atoms with E-state index in [-0.39, 0.29) is 5.60 Å². The summed E-state index contributed by atoms with van der Waals surface area (Å²) in [6, 6.07) is 0. The fourth-order valence-electron chi connectivity index (χ4n) is 4.20. The molecule has 1 saturated carbocycles. The van der Waals surface area contributed by atoms with E-state index in [0.29, 0.717) is 5.41 Å². The molecule has 0 aromatic heterocycles. The van der Waals surface area contributed by atoms with E-state index in [1.807, 2.05) is 27.7 Å². The van der Waals surface area contributed by atoms with Crippen molar-refractivity contribution in [1.82, 2.24) is 14.7 Å². The number of aliphatic hydroxyl groups is 1. The summed E-state index contributed by atoms with van der Waals surface area (Å²) in [6.45, 7) is 15.8. The van der Waals surface area contributed by atoms with Gasteiger partial charge < -0.3 is 14.9 Å². The Morgan fingerprint density at radius 2 is 1.29 bits per heavy atom. The Balaban J connectivity index is 0.000000510. The van der Waals surface area contributed by atoms with Gasteiger partial charge in [0.05, 0.1) is 5.60 Å². The Kier molecular flexibility index (Phi) is 7.11. The summed E-state index contributed by atoms with van der Waals surface area (Å²) in [6.07, 6.45) is 2.05. The standard InChI is InChI=1S/C13H25N3O.2C2H6/c1-14-3-5-16(6-4-14)11-13(17)7-12(8-13)9-15(2)10-12;2*1-2/h17H,3-11H2,1-2H3;2*1-2H3. The molecule has 0 aromatic carbocycles. The lowest BCUT2D eigenvalue weighted by Crippen LogP contribution is -2.69. The van der Waals surface area contributed by atoms with Crippen LogP contribution < -0.4 is 0 Å². The van der Waals surface area contributed by atoms with Crippen molar-refractivity contribution in [3.63, 3.8) is 0 Å². The molecule has 3 fully saturated rings. The first-order valence-corrected chi connectivity index (χ1v) is 8.81. The number of nitrogens with zero attached hydrogens (tertiary/aromatic N) is 3. The minimum absolute atomic E-state index is 0.378. The predicted octanol–water partition coefficient (Wildman–Crippen LogP) is 1.74. The van der Waals surface area contributed by atoms with Gasteiger partial charge in [0.25, 0.3) is 0 Å². The Morgan fingerprint density at radius 3 is 1.71 bits per heavy atom. The molecule has 3 aliphatic rings. The zero-order chi connectivity index (χ0) is 16.1. The van der Waals surface area contributed by atoms with Gasteiger partial charge in [-0.15, -0.1) is 0 Å². The van der Waals surface area contributed by atoms with Gasteiger partial charge in [0.15, 0.2) is 0 Å². The predicted molar refractivity (Wildman–Crippen MR) is 90.7 cm³/mol. The number of likely N-dealkylation sites (tertiary alicyclic amines) is 1. The molecule has 0 atom stereocenters. The van der Waals surface area contributed by atoms with Crippen molar-refractivity contribution in [2.24, 2.45) is 5.41 Å². The first-order valence-electron chi connectivity index (χ1n) is 8.81. The van der Waals surface area contributed by atoms with Gasteiger partial charge in [-0.3, -0.25) is 4.90 Å². The Bertz CT molecular complexity index is 286. The second-order valence-corrected chi connectivity index (χ2v) is 6.83. The fourth-order valence-corrected chi connectivity index (χ4v) is 4.20. The van der Waals surface area contributed by atoms with Gasteiger partial charge >= 0.3 is 0 Å². The van der Waals surface area contributed by atoms with Crippen LogP contribution in [0.4, 0.5) is 0 Å². The highest BCUT2D eigenvalue weighted by Gasteiger charge is 2.58. The molecule has 1 spiro atoms. The van der Waals surface area contributed by atoms with E-state index in [9.17, 15) is 5.11 Å². The molecule has 4 heteroatoms. The van der Waals surface area contributed by atoms with E-state index in [1.165, 1.54) is 13.1 Å². The van der Waals surface area contributed by atoms with Crippen LogP contribution in [0, 0.1) is 5.41 Å². The summed E-state index contributed by atoms with van der Waals surface area (Å²) < 4.78 is 0. The number of β-amino-alcohol motifs (C(OH)–C–C–N with tert-alkyl or cyclic N) is 1. The van der Waals surface area contributed by atoms with E-state index in [2.05, 4.69) is 28.8 Å². The van der Waals surface area contributed by atoms with Crippen LogP contribution in [0.3, 0.4) is 0 Å². The molecular formula is C17H37N3O. The minimum Gasteiger partial charge on any atom is -0.389 e. The van der Waals surface area contributed by atoms with E-state index < -0.39 is 0 Å². The lowest BCUT2D eigenvalue weighted by atomic mass is 9.55. The van der Waals surface area contributed by atoms with Crippen molar-refractivity contribution in [1.29, 1.82) is 0 Å². The molecule has 4 nitrogen and oxygen atoms in total. The summed E-state index contributed by atoms with van der Waals surface area (Å²) in [5, 5.41) is 10.5. The molecule has 0 amide bonds. The van der Waals surface area contributed by atoms with Gasteiger partial charge in [-0.05, 0) is 26.9 Å². The molecule has 21 heavy (non-hydrogen) atoms. The Hall–Kier alpha value is -0.160. The van der Waals surface area contributed by atoms with Gasteiger partial charge in [-0.25, -0.2) is 0 Å². The summed E-state index contributed by atoms with van der Waals surface area (Å²) in [5.74, 6) is 0. The summed E-state index contributed by atoms with van der Waals surface area (Å²) >= 11 is 0. The maximum atomic E-state index is 10.5. The third kappa shape index (κ3) is 4.65. The van der Waals surface area contributed by atoms with Crippen LogP contribution in [0.15, 0.2) is 0 Å². The van der Waals surface area contributed by atoms with E-state index >= 15 is 0 Å². The molecule has 0 aromatic rings. The summed E-state index contributed by atoms with van der Waals surface area (Å²) in [7, 11) is 4.34. The highest BCUT2D eigenvalue weighted by molar-refractivity contribution is 5.12. The van der Waals surface area contributed by atoms with Crippen molar-refractivity contribution < 1.29 is 5.11 Å². The highest BCUT2D eigenvalue weighted by Crippen LogP contribution is 2.53. The van der Waals surface area contributed by atoms with Gasteiger partial charge in [-0.2, -0.15) is 0 Å². The van der Waals surface area contributed by atoms with Gasteiger partial charge in [0, 0.05) is 51.2 Å². The molecule has 0 radical (unpaired) electrons. The average Bonchev–Trinajstić information content (AvgIpc) is 2.43. The van der Waals surface area contributed by atoms with Crippen molar-refractivity contribution in [3.8, 4) is 0 Å². The molecule has 126 valence electrons. The van der Waals surface area contributed by atoms with Crippen molar-refractivity contribution in [2.75, 3.05) is 59.9 Å². The minimum atomic E-state index is -0.378. The molecule has 1 N–H and O–H groups in total. The SMILES string of the molecule is CC.CC.CN1CCN(CC2(O)CC3(CN(C)C3)C2)CC1. The van der Waals surface area contributed by atoms with Crippen LogP contribution in [0.5, 0.6) is 0 Å². The number of hydrogen-bond acceptors (Lipinski definition) is 4. The monoisotopic (exact) mass is 299 g/mol. The summed E-state index contributed by atoms with van der Waals surface area (Å²) in [4.78, 5) is 7.16. The van der Waals surface area contributed by atoms with E-state index in [0.717, 1.165) is 45.6 Å². The maximum Gasteiger partial charge on any atom is 0.0786 e. The molecule has 0 unspecified atom stereocenters. The van der Waals surface area contributed by atoms with Crippen molar-refractivity contribution >= 4 is 0 Å². The number of rotatable bonds is 2. The van der Waals surface area contributed by atoms with Crippen molar-refractivity contribution in [3.05, 3.63) is 0 Å². The molecule has 2 aliphatic heterocycles. The largest absolute Gasteiger partial charge is 0.389 e. The first-order chi connectivity index (χ1) is 9.99. The van der Waals surface area contributed by atoms with Gasteiger partial charge in [-0.1, -0.05) is 27.7 Å². The molecule has 3 rings (SSSR count). The van der Waals surface area contributed by atoms with Crippen LogP contribution >= 0.6 is 0 Å². The second kappa shape index (κ2) is 7.91. The average molecular weight is 300 g/mol. The maximum absolute atomic E-state index is 10.5. The van der Waals surface area contributed by atoms with Gasteiger partial charge in [0.2, 0.25) is 0 Å². The molecule has 2 saturated heterocycles. The summed E-state index contributed by atoms with van der Waals surface area (Å²) in [5.41, 5.74) is 0.104. The topological polar surface area (TPSA) is 30.0 Å². The van der Waals surface area contributed by atoms with Crippen molar-refractivity contribution in [2.45, 2.75) is 46.1 Å². The fraction of sp³-hybridized carbons (Fsp3) is 1.00. The van der Waals surface area contributed by atoms with Gasteiger partial charge in [0.1, 0.15) is 0 Å². The van der Waals surface area contributed by atoms with E-state index in [4.69, 9.17) is 0 Å². The quantitative estimate of drug-likeness (QED) is 0.841. The van der Waals surface area contributed by atoms with Crippen LogP contribution in [0.25, 0.3) is 0 Å². The number of likely N-dealkylation sites (N-methyl/N-ethyl adjacent to an activating group) is 1. The van der Waals surface area contributed by atoms with Crippen LogP contribution in [0.2, 0.25) is 0 Å². The third-order valence-electron chi connectivity index (χ3n) is 4.73. The lowest BCUT2D eigenvalue weighted by Gasteiger charge is -2.62. The number of piperazine rings is 1. The first kappa shape index (κ1) is 18.9. The van der Waals surface area contributed by atoms with Crippen LogP contribution in [-0.2, 0) is 0 Å². The molecule has 0 bridgehead atoms.